The molecule has 2 aromatic rings. The number of rotatable bonds is 6. The van der Waals surface area contributed by atoms with Crippen LogP contribution < -0.4 is 5.32 Å². The van der Waals surface area contributed by atoms with Crippen LogP contribution in [0.15, 0.2) is 18.2 Å². The zero-order chi connectivity index (χ0) is 15.4. The minimum Gasteiger partial charge on any atom is -0.308 e. The maximum absolute atomic E-state index is 13.9. The van der Waals surface area contributed by atoms with Crippen molar-refractivity contribution in [2.45, 2.75) is 26.3 Å². The van der Waals surface area contributed by atoms with Crippen molar-refractivity contribution in [1.29, 1.82) is 0 Å². The van der Waals surface area contributed by atoms with Gasteiger partial charge < -0.3 is 5.32 Å². The molecule has 1 atom stereocenters. The van der Waals surface area contributed by atoms with Gasteiger partial charge in [-0.05, 0) is 26.0 Å². The maximum atomic E-state index is 13.9. The summed E-state index contributed by atoms with van der Waals surface area (Å²) in [5.41, 5.74) is -0.0500. The molecule has 0 spiro atoms. The lowest BCUT2D eigenvalue weighted by molar-refractivity contribution is -0.385. The summed E-state index contributed by atoms with van der Waals surface area (Å²) in [5.74, 6) is -0.666. The first-order valence-corrected chi connectivity index (χ1v) is 7.35. The fraction of sp³-hybridized carbons (Fsp3) is 0.385. The Bertz CT molecular complexity index is 647. The number of nitro groups is 1. The number of hydrogen-bond acceptors (Lipinski definition) is 6. The Morgan fingerprint density at radius 2 is 2.24 bits per heavy atom. The van der Waals surface area contributed by atoms with Crippen LogP contribution in [0.2, 0.25) is 0 Å². The Morgan fingerprint density at radius 1 is 1.48 bits per heavy atom. The molecule has 0 saturated heterocycles. The first kappa shape index (κ1) is 15.5. The monoisotopic (exact) mass is 310 g/mol. The van der Waals surface area contributed by atoms with Gasteiger partial charge in [0.15, 0.2) is 5.01 Å². The molecule has 0 amide bonds. The summed E-state index contributed by atoms with van der Waals surface area (Å²) in [6.07, 6.45) is 1.01. The van der Waals surface area contributed by atoms with Gasteiger partial charge in [-0.25, -0.2) is 4.39 Å². The lowest BCUT2D eigenvalue weighted by Crippen LogP contribution is -2.18. The van der Waals surface area contributed by atoms with Gasteiger partial charge in [-0.1, -0.05) is 18.3 Å². The highest BCUT2D eigenvalue weighted by molar-refractivity contribution is 7.14. The van der Waals surface area contributed by atoms with Gasteiger partial charge in [-0.15, -0.1) is 10.2 Å². The van der Waals surface area contributed by atoms with Crippen molar-refractivity contribution in [3.63, 3.8) is 0 Å². The van der Waals surface area contributed by atoms with Crippen molar-refractivity contribution in [1.82, 2.24) is 15.5 Å². The highest BCUT2D eigenvalue weighted by Crippen LogP contribution is 2.30. The van der Waals surface area contributed by atoms with E-state index in [4.69, 9.17) is 0 Å². The summed E-state index contributed by atoms with van der Waals surface area (Å²) in [4.78, 5) is 9.97. The Labute approximate surface area is 125 Å². The number of non-ortho nitro benzene ring substituents is 1. The van der Waals surface area contributed by atoms with Gasteiger partial charge in [0.2, 0.25) is 0 Å². The van der Waals surface area contributed by atoms with Gasteiger partial charge in [-0.3, -0.25) is 10.1 Å². The van der Waals surface area contributed by atoms with Gasteiger partial charge >= 0.3 is 0 Å². The molecule has 0 aliphatic heterocycles. The highest BCUT2D eigenvalue weighted by Gasteiger charge is 2.17. The van der Waals surface area contributed by atoms with Gasteiger partial charge in [-0.2, -0.15) is 0 Å². The molecule has 1 heterocycles. The van der Waals surface area contributed by atoms with E-state index < -0.39 is 10.7 Å². The molecule has 1 N–H and O–H groups in total. The predicted octanol–water partition coefficient (Wildman–Crippen LogP) is 3.31. The first-order chi connectivity index (χ1) is 10.0. The minimum absolute atomic E-state index is 0.0392. The van der Waals surface area contributed by atoms with Crippen LogP contribution in [-0.2, 0) is 0 Å². The molecule has 1 aromatic carbocycles. The van der Waals surface area contributed by atoms with E-state index in [1.807, 2.05) is 6.92 Å². The largest absolute Gasteiger partial charge is 0.308 e. The average molecular weight is 310 g/mol. The normalized spacial score (nSPS) is 12.3. The molecule has 8 heteroatoms. The molecule has 0 aliphatic carbocycles. The number of benzene rings is 1. The van der Waals surface area contributed by atoms with Crippen molar-refractivity contribution < 1.29 is 9.31 Å². The molecular formula is C13H15FN4O2S. The van der Waals surface area contributed by atoms with Crippen molar-refractivity contribution >= 4 is 17.0 Å². The quantitative estimate of drug-likeness (QED) is 0.654. The third-order valence-corrected chi connectivity index (χ3v) is 4.04. The average Bonchev–Trinajstić information content (AvgIpc) is 2.94. The standard InChI is InChI=1S/C13H15FN4O2S/c1-3-6-15-8(2)12-16-17-13(21-12)10-5-4-9(18(19)20)7-11(10)14/h4-5,7-8,15H,3,6H2,1-2H3. The van der Waals surface area contributed by atoms with Crippen LogP contribution in [0.25, 0.3) is 10.6 Å². The van der Waals surface area contributed by atoms with Crippen LogP contribution >= 0.6 is 11.3 Å². The van der Waals surface area contributed by atoms with Crippen LogP contribution in [0.1, 0.15) is 31.3 Å². The number of nitro benzene ring substituents is 1. The van der Waals surface area contributed by atoms with Crippen molar-refractivity contribution in [3.05, 3.63) is 39.1 Å². The van der Waals surface area contributed by atoms with Crippen LogP contribution in [0.4, 0.5) is 10.1 Å². The number of nitrogens with one attached hydrogen (secondary N) is 1. The van der Waals surface area contributed by atoms with Crippen LogP contribution in [0.5, 0.6) is 0 Å². The zero-order valence-electron chi connectivity index (χ0n) is 11.7. The summed E-state index contributed by atoms with van der Waals surface area (Å²) in [6.45, 7) is 4.89. The van der Waals surface area contributed by atoms with Crippen molar-refractivity contribution in [2.24, 2.45) is 0 Å². The molecule has 21 heavy (non-hydrogen) atoms. The first-order valence-electron chi connectivity index (χ1n) is 6.54. The van der Waals surface area contributed by atoms with Gasteiger partial charge in [0.1, 0.15) is 10.8 Å². The Hall–Kier alpha value is -1.93. The number of nitrogens with zero attached hydrogens (tertiary/aromatic N) is 3. The van der Waals surface area contributed by atoms with E-state index >= 15 is 0 Å². The molecule has 0 fully saturated rings. The van der Waals surface area contributed by atoms with E-state index in [9.17, 15) is 14.5 Å². The summed E-state index contributed by atoms with van der Waals surface area (Å²) in [5, 5.41) is 23.1. The van der Waals surface area contributed by atoms with Crippen LogP contribution in [-0.4, -0.2) is 21.7 Å². The van der Waals surface area contributed by atoms with E-state index in [2.05, 4.69) is 22.4 Å². The van der Waals surface area contributed by atoms with E-state index in [-0.39, 0.29) is 17.3 Å². The third kappa shape index (κ3) is 3.59. The minimum atomic E-state index is -0.666. The molecular weight excluding hydrogens is 295 g/mol. The SMILES string of the molecule is CCCNC(C)c1nnc(-c2ccc([N+](=O)[O-])cc2F)s1. The number of halogens is 1. The summed E-state index contributed by atoms with van der Waals surface area (Å²) < 4.78 is 13.9. The predicted molar refractivity (Wildman–Crippen MR) is 78.7 cm³/mol. The topological polar surface area (TPSA) is 81.0 Å². The fourth-order valence-electron chi connectivity index (χ4n) is 1.76. The lowest BCUT2D eigenvalue weighted by atomic mass is 10.2. The Morgan fingerprint density at radius 3 is 2.86 bits per heavy atom. The van der Waals surface area contributed by atoms with Gasteiger partial charge in [0.25, 0.3) is 5.69 Å². The highest BCUT2D eigenvalue weighted by atomic mass is 32.1. The third-order valence-electron chi connectivity index (χ3n) is 2.91. The molecule has 0 bridgehead atoms. The maximum Gasteiger partial charge on any atom is 0.272 e. The molecule has 0 aliphatic rings. The Kier molecular flexibility index (Phi) is 4.92. The number of hydrogen-bond donors (Lipinski definition) is 1. The second kappa shape index (κ2) is 6.68. The molecule has 6 nitrogen and oxygen atoms in total. The summed E-state index contributed by atoms with van der Waals surface area (Å²) in [7, 11) is 0. The second-order valence-corrected chi connectivity index (χ2v) is 5.55. The smallest absolute Gasteiger partial charge is 0.272 e. The summed E-state index contributed by atoms with van der Waals surface area (Å²) in [6, 6.07) is 3.56. The van der Waals surface area contributed by atoms with Gasteiger partial charge in [0.05, 0.1) is 17.0 Å². The van der Waals surface area contributed by atoms with Gasteiger partial charge in [0, 0.05) is 11.6 Å². The zero-order valence-corrected chi connectivity index (χ0v) is 12.5. The molecule has 1 unspecified atom stereocenters. The summed E-state index contributed by atoms with van der Waals surface area (Å²) >= 11 is 1.28. The lowest BCUT2D eigenvalue weighted by Gasteiger charge is -2.08. The van der Waals surface area contributed by atoms with E-state index in [0.29, 0.717) is 5.01 Å². The Balaban J connectivity index is 2.23. The van der Waals surface area contributed by atoms with E-state index in [1.165, 1.54) is 23.5 Å². The van der Waals surface area contributed by atoms with Crippen LogP contribution in [0, 0.1) is 15.9 Å². The van der Waals surface area contributed by atoms with Crippen molar-refractivity contribution in [2.75, 3.05) is 6.54 Å². The van der Waals surface area contributed by atoms with Crippen LogP contribution in [0.3, 0.4) is 0 Å². The van der Waals surface area contributed by atoms with Crippen molar-refractivity contribution in [3.8, 4) is 10.6 Å². The molecule has 1 aromatic heterocycles. The second-order valence-electron chi connectivity index (χ2n) is 4.54. The molecule has 0 radical (unpaired) electrons. The van der Waals surface area contributed by atoms with E-state index in [0.717, 1.165) is 24.0 Å². The fourth-order valence-corrected chi connectivity index (χ4v) is 2.65. The number of aromatic nitrogens is 2. The molecule has 2 rings (SSSR count). The molecule has 112 valence electrons. The molecule has 0 saturated carbocycles. The van der Waals surface area contributed by atoms with E-state index in [1.54, 1.807) is 0 Å².